The number of carbonyl (C=O) groups is 2. The van der Waals surface area contributed by atoms with Gasteiger partial charge in [-0.05, 0) is 66.6 Å². The minimum absolute atomic E-state index is 0.000624. The van der Waals surface area contributed by atoms with Gasteiger partial charge in [-0.25, -0.2) is 18.6 Å². The van der Waals surface area contributed by atoms with E-state index in [9.17, 15) is 18.0 Å². The van der Waals surface area contributed by atoms with E-state index in [0.29, 0.717) is 17.1 Å². The van der Waals surface area contributed by atoms with Gasteiger partial charge in [0.2, 0.25) is 10.0 Å². The van der Waals surface area contributed by atoms with E-state index in [2.05, 4.69) is 5.43 Å². The van der Waals surface area contributed by atoms with Crippen LogP contribution >= 0.6 is 0 Å². The van der Waals surface area contributed by atoms with Crippen LogP contribution in [0.5, 0.6) is 0 Å². The SMILES string of the molecule is CCc1ccc(N2NC(=O)/C(=C/c3cccn3-c3ccc(S(N)(=O)=O)cc3)C2=O)cc1. The predicted octanol–water partition coefficient (Wildman–Crippen LogP) is 2.15. The second-order valence-corrected chi connectivity index (χ2v) is 8.56. The zero-order valence-corrected chi connectivity index (χ0v) is 17.5. The molecule has 2 amide bonds. The first-order valence-corrected chi connectivity index (χ1v) is 11.1. The molecule has 3 aromatic rings. The Bertz CT molecular complexity index is 1290. The van der Waals surface area contributed by atoms with E-state index < -0.39 is 21.8 Å². The van der Waals surface area contributed by atoms with Gasteiger partial charge in [-0.3, -0.25) is 15.0 Å². The lowest BCUT2D eigenvalue weighted by Gasteiger charge is -2.14. The Morgan fingerprint density at radius 1 is 0.968 bits per heavy atom. The summed E-state index contributed by atoms with van der Waals surface area (Å²) in [6.07, 6.45) is 4.13. The van der Waals surface area contributed by atoms with Gasteiger partial charge in [0.05, 0.1) is 10.6 Å². The van der Waals surface area contributed by atoms with E-state index in [1.165, 1.54) is 23.2 Å². The first-order chi connectivity index (χ1) is 14.8. The van der Waals surface area contributed by atoms with Gasteiger partial charge in [0.15, 0.2) is 0 Å². The Kier molecular flexibility index (Phi) is 5.22. The van der Waals surface area contributed by atoms with E-state index in [0.717, 1.165) is 12.0 Å². The van der Waals surface area contributed by atoms with Crippen LogP contribution in [0.2, 0.25) is 0 Å². The highest BCUT2D eigenvalue weighted by molar-refractivity contribution is 7.89. The molecule has 3 N–H and O–H groups in total. The number of aryl methyl sites for hydroxylation is 1. The van der Waals surface area contributed by atoms with Gasteiger partial charge in [-0.15, -0.1) is 0 Å². The zero-order chi connectivity index (χ0) is 22.2. The molecule has 2 aromatic carbocycles. The molecule has 1 fully saturated rings. The molecule has 0 saturated carbocycles. The van der Waals surface area contributed by atoms with Crippen LogP contribution in [-0.4, -0.2) is 24.8 Å². The number of nitrogens with zero attached hydrogens (tertiary/aromatic N) is 2. The van der Waals surface area contributed by atoms with E-state index in [1.54, 1.807) is 47.2 Å². The molecule has 0 bridgehead atoms. The van der Waals surface area contributed by atoms with Crippen LogP contribution in [0.3, 0.4) is 0 Å². The second-order valence-electron chi connectivity index (χ2n) is 7.00. The average molecular weight is 436 g/mol. The van der Waals surface area contributed by atoms with Gasteiger partial charge in [0.1, 0.15) is 5.57 Å². The fourth-order valence-electron chi connectivity index (χ4n) is 3.31. The number of hydrogen-bond acceptors (Lipinski definition) is 4. The first-order valence-electron chi connectivity index (χ1n) is 9.54. The Labute approximate surface area is 179 Å². The molecule has 1 aliphatic heterocycles. The summed E-state index contributed by atoms with van der Waals surface area (Å²) in [6, 6.07) is 16.9. The Hall–Kier alpha value is -3.69. The number of anilines is 1. The summed E-state index contributed by atoms with van der Waals surface area (Å²) in [5, 5.41) is 6.37. The summed E-state index contributed by atoms with van der Waals surface area (Å²) in [4.78, 5) is 25.4. The molecule has 158 valence electrons. The number of nitrogens with one attached hydrogen (secondary N) is 1. The molecular formula is C22H20N4O4S. The number of amides is 2. The summed E-state index contributed by atoms with van der Waals surface area (Å²) >= 11 is 0. The highest BCUT2D eigenvalue weighted by atomic mass is 32.2. The normalized spacial score (nSPS) is 15.5. The highest BCUT2D eigenvalue weighted by Crippen LogP contribution is 2.23. The van der Waals surface area contributed by atoms with Crippen molar-refractivity contribution in [2.24, 2.45) is 5.14 Å². The van der Waals surface area contributed by atoms with Crippen molar-refractivity contribution in [3.05, 3.63) is 83.7 Å². The smallest absolute Gasteiger partial charge is 0.282 e. The maximum atomic E-state index is 12.9. The lowest BCUT2D eigenvalue weighted by molar-refractivity contribution is -0.117. The maximum absolute atomic E-state index is 12.9. The molecular weight excluding hydrogens is 416 g/mol. The molecule has 0 atom stereocenters. The van der Waals surface area contributed by atoms with Crippen LogP contribution in [0, 0.1) is 0 Å². The van der Waals surface area contributed by atoms with E-state index in [4.69, 9.17) is 5.14 Å². The molecule has 1 saturated heterocycles. The van der Waals surface area contributed by atoms with Gasteiger partial charge in [-0.2, -0.15) is 0 Å². The van der Waals surface area contributed by atoms with E-state index in [-0.39, 0.29) is 10.5 Å². The predicted molar refractivity (Wildman–Crippen MR) is 117 cm³/mol. The van der Waals surface area contributed by atoms with Crippen molar-refractivity contribution < 1.29 is 18.0 Å². The number of hydrogen-bond donors (Lipinski definition) is 2. The fraction of sp³-hybridized carbons (Fsp3) is 0.0909. The largest absolute Gasteiger partial charge is 0.317 e. The molecule has 0 spiro atoms. The molecule has 4 rings (SSSR count). The number of nitrogens with two attached hydrogens (primary N) is 1. The average Bonchev–Trinajstić information content (AvgIpc) is 3.33. The van der Waals surface area contributed by atoms with E-state index >= 15 is 0 Å². The number of carbonyl (C=O) groups excluding carboxylic acids is 2. The van der Waals surface area contributed by atoms with Crippen molar-refractivity contribution in [3.8, 4) is 5.69 Å². The van der Waals surface area contributed by atoms with Gasteiger partial charge >= 0.3 is 0 Å². The minimum Gasteiger partial charge on any atom is -0.317 e. The summed E-state index contributed by atoms with van der Waals surface area (Å²) < 4.78 is 24.7. The van der Waals surface area contributed by atoms with Crippen LogP contribution in [0.25, 0.3) is 11.8 Å². The highest BCUT2D eigenvalue weighted by Gasteiger charge is 2.34. The maximum Gasteiger partial charge on any atom is 0.282 e. The molecule has 2 heterocycles. The third-order valence-corrected chi connectivity index (χ3v) is 5.94. The Balaban J connectivity index is 1.64. The van der Waals surface area contributed by atoms with Crippen LogP contribution in [-0.2, 0) is 26.0 Å². The number of primary sulfonamides is 1. The summed E-state index contributed by atoms with van der Waals surface area (Å²) in [5.74, 6) is -0.950. The topological polar surface area (TPSA) is 114 Å². The second kappa shape index (κ2) is 7.86. The number of rotatable bonds is 5. The minimum atomic E-state index is -3.79. The van der Waals surface area contributed by atoms with Crippen LogP contribution in [0.4, 0.5) is 5.69 Å². The molecule has 31 heavy (non-hydrogen) atoms. The van der Waals surface area contributed by atoms with Crippen LogP contribution in [0.1, 0.15) is 18.2 Å². The fourth-order valence-corrected chi connectivity index (χ4v) is 3.83. The molecule has 0 unspecified atom stereocenters. The van der Waals surface area contributed by atoms with Crippen molar-refractivity contribution in [2.75, 3.05) is 5.01 Å². The van der Waals surface area contributed by atoms with Gasteiger partial charge < -0.3 is 4.57 Å². The molecule has 0 radical (unpaired) electrons. The zero-order valence-electron chi connectivity index (χ0n) is 16.6. The third kappa shape index (κ3) is 4.00. The Morgan fingerprint density at radius 3 is 2.23 bits per heavy atom. The van der Waals surface area contributed by atoms with Crippen LogP contribution in [0.15, 0.2) is 77.3 Å². The summed E-state index contributed by atoms with van der Waals surface area (Å²) in [5.41, 5.74) is 5.54. The third-order valence-electron chi connectivity index (χ3n) is 5.01. The molecule has 9 heteroatoms. The van der Waals surface area contributed by atoms with Crippen molar-refractivity contribution in [3.63, 3.8) is 0 Å². The number of sulfonamides is 1. The molecule has 0 aliphatic carbocycles. The standard InChI is InChI=1S/C22H20N4O4S/c1-2-15-5-7-17(8-6-15)26-22(28)20(21(27)24-26)14-18-4-3-13-25(18)16-9-11-19(12-10-16)31(23,29)30/h3-14H,2H2,1H3,(H,24,27)(H2,23,29,30)/b20-14-. The number of aromatic nitrogens is 1. The lowest BCUT2D eigenvalue weighted by atomic mass is 10.1. The quantitative estimate of drug-likeness (QED) is 0.471. The molecule has 1 aromatic heterocycles. The lowest BCUT2D eigenvalue weighted by Crippen LogP contribution is -2.35. The van der Waals surface area contributed by atoms with E-state index in [1.807, 2.05) is 19.1 Å². The van der Waals surface area contributed by atoms with Crippen molar-refractivity contribution in [1.29, 1.82) is 0 Å². The van der Waals surface area contributed by atoms with Crippen molar-refractivity contribution in [2.45, 2.75) is 18.2 Å². The van der Waals surface area contributed by atoms with Crippen LogP contribution < -0.4 is 15.6 Å². The summed E-state index contributed by atoms with van der Waals surface area (Å²) in [7, 11) is -3.79. The molecule has 8 nitrogen and oxygen atoms in total. The van der Waals surface area contributed by atoms with Gasteiger partial charge in [0, 0.05) is 17.6 Å². The number of benzene rings is 2. The van der Waals surface area contributed by atoms with Gasteiger partial charge in [-0.1, -0.05) is 19.1 Å². The summed E-state index contributed by atoms with van der Waals surface area (Å²) in [6.45, 7) is 2.04. The molecule has 1 aliphatic rings. The Morgan fingerprint density at radius 2 is 1.61 bits per heavy atom. The monoisotopic (exact) mass is 436 g/mol. The van der Waals surface area contributed by atoms with Crippen molar-refractivity contribution in [1.82, 2.24) is 9.99 Å². The van der Waals surface area contributed by atoms with Gasteiger partial charge in [0.25, 0.3) is 11.8 Å². The van der Waals surface area contributed by atoms with Crippen molar-refractivity contribution >= 4 is 33.6 Å². The first kappa shape index (κ1) is 20.6. The number of hydrazine groups is 1.